The van der Waals surface area contributed by atoms with Crippen molar-refractivity contribution in [2.75, 3.05) is 6.54 Å². The zero-order valence-electron chi connectivity index (χ0n) is 28.0. The molecule has 1 saturated carbocycles. The van der Waals surface area contributed by atoms with E-state index in [1.165, 1.54) is 33.8 Å². The number of ether oxygens (including phenoxy) is 1. The molecule has 2 atom stereocenters. The summed E-state index contributed by atoms with van der Waals surface area (Å²) in [7, 11) is 1.71. The Morgan fingerprint density at radius 2 is 1.73 bits per heavy atom. The Morgan fingerprint density at radius 1 is 1.04 bits per heavy atom. The number of nitrogens with zero attached hydrogens (tertiary/aromatic N) is 7. The molecule has 1 fully saturated rings. The quantitative estimate of drug-likeness (QED) is 0.239. The fraction of sp³-hybridized carbons (Fsp3) is 0.400. The highest BCUT2D eigenvalue weighted by Crippen LogP contribution is 2.50. The van der Waals surface area contributed by atoms with Crippen LogP contribution in [0.25, 0.3) is 28.1 Å². The van der Waals surface area contributed by atoms with E-state index in [9.17, 15) is 18.8 Å². The molecule has 250 valence electrons. The van der Waals surface area contributed by atoms with Crippen LogP contribution in [0.4, 0.5) is 13.6 Å². The summed E-state index contributed by atoms with van der Waals surface area (Å²) in [6.45, 7) is 10.7. The normalized spacial score (nSPS) is 19.5. The molecule has 1 spiro atoms. The van der Waals surface area contributed by atoms with Gasteiger partial charge in [0.2, 0.25) is 0 Å². The molecule has 0 bridgehead atoms. The van der Waals surface area contributed by atoms with Gasteiger partial charge in [0.15, 0.2) is 5.82 Å². The molecule has 0 N–H and O–H groups in total. The summed E-state index contributed by atoms with van der Waals surface area (Å²) in [5, 5.41) is 9.50. The fourth-order valence-electron chi connectivity index (χ4n) is 7.25. The summed E-state index contributed by atoms with van der Waals surface area (Å²) in [5.74, 6) is -0.604. The number of amides is 1. The van der Waals surface area contributed by atoms with Crippen molar-refractivity contribution in [1.29, 1.82) is 0 Å². The molecule has 3 aromatic heterocycles. The second-order valence-corrected chi connectivity index (χ2v) is 14.1. The van der Waals surface area contributed by atoms with Crippen LogP contribution in [0, 0.1) is 25.5 Å². The Kier molecular flexibility index (Phi) is 7.04. The number of halogens is 2. The maximum absolute atomic E-state index is 15.9. The van der Waals surface area contributed by atoms with Gasteiger partial charge >= 0.3 is 11.8 Å². The topological polar surface area (TPSA) is 109 Å². The maximum atomic E-state index is 15.9. The molecule has 7 rings (SSSR count). The number of aromatic nitrogens is 6. The molecule has 1 aliphatic carbocycles. The zero-order chi connectivity index (χ0) is 34.4. The van der Waals surface area contributed by atoms with E-state index in [-0.39, 0.29) is 35.6 Å². The summed E-state index contributed by atoms with van der Waals surface area (Å²) in [6, 6.07) is 5.87. The Morgan fingerprint density at radius 3 is 2.38 bits per heavy atom. The van der Waals surface area contributed by atoms with E-state index < -0.39 is 34.7 Å². The number of benzene rings is 2. The van der Waals surface area contributed by atoms with E-state index in [0.29, 0.717) is 52.2 Å². The third kappa shape index (κ3) is 4.77. The molecule has 11 nitrogen and oxygen atoms in total. The van der Waals surface area contributed by atoms with Crippen molar-refractivity contribution in [3.05, 3.63) is 87.4 Å². The predicted molar refractivity (Wildman–Crippen MR) is 174 cm³/mol. The highest BCUT2D eigenvalue weighted by molar-refractivity contribution is 5.84. The maximum Gasteiger partial charge on any atom is 0.410 e. The van der Waals surface area contributed by atoms with Gasteiger partial charge in [-0.05, 0) is 83.4 Å². The van der Waals surface area contributed by atoms with Crippen LogP contribution >= 0.6 is 0 Å². The van der Waals surface area contributed by atoms with Gasteiger partial charge in [-0.1, -0.05) is 0 Å². The molecule has 48 heavy (non-hydrogen) atoms. The third-order valence-electron chi connectivity index (χ3n) is 9.58. The number of aryl methyl sites for hydroxylation is 3. The zero-order valence-corrected chi connectivity index (χ0v) is 28.0. The van der Waals surface area contributed by atoms with Crippen LogP contribution < -0.4 is 5.69 Å². The Hall–Kier alpha value is -5.07. The van der Waals surface area contributed by atoms with Gasteiger partial charge in [0, 0.05) is 49.8 Å². The van der Waals surface area contributed by atoms with Gasteiger partial charge < -0.3 is 9.64 Å². The minimum Gasteiger partial charge on any atom is -0.444 e. The van der Waals surface area contributed by atoms with E-state index in [0.717, 1.165) is 0 Å². The minimum absolute atomic E-state index is 0.0361. The van der Waals surface area contributed by atoms with E-state index >= 15 is 4.39 Å². The summed E-state index contributed by atoms with van der Waals surface area (Å²) in [4.78, 5) is 42.6. The Labute approximate surface area is 275 Å². The summed E-state index contributed by atoms with van der Waals surface area (Å²) < 4.78 is 42.3. The molecular formula is C35H37F2N7O4. The molecule has 1 aliphatic heterocycles. The van der Waals surface area contributed by atoms with Gasteiger partial charge in [-0.3, -0.25) is 18.6 Å². The first-order valence-corrected chi connectivity index (χ1v) is 15.9. The smallest absolute Gasteiger partial charge is 0.410 e. The standard InChI is InChI=1S/C35H37F2N7O4/c1-19-14-22(15-20(2)28(19)36)44-31(42-13-12-41(32(42)46)26-9-8-25-24(29(26)37)17-38-40(25)7)27-21(3)43(33(47)48-34(4,5)6)18-35(30(27)39-44)11-10-23(45)16-35/h8-9,12-15,17,21H,10-11,16,18H2,1-7H3/t21-,35?/m0/s1. The first kappa shape index (κ1) is 31.5. The summed E-state index contributed by atoms with van der Waals surface area (Å²) in [5.41, 5.74) is 0.833. The second-order valence-electron chi connectivity index (χ2n) is 14.1. The number of carbonyl (C=O) groups excluding carboxylic acids is 2. The minimum atomic E-state index is -0.830. The van der Waals surface area contributed by atoms with Gasteiger partial charge in [0.25, 0.3) is 0 Å². The number of carbonyl (C=O) groups is 2. The van der Waals surface area contributed by atoms with Crippen LogP contribution in [0.3, 0.4) is 0 Å². The van der Waals surface area contributed by atoms with Crippen LogP contribution in [0.1, 0.15) is 75.4 Å². The van der Waals surface area contributed by atoms with Crippen molar-refractivity contribution in [2.45, 2.75) is 77.9 Å². The average molecular weight is 658 g/mol. The number of hydrogen-bond acceptors (Lipinski definition) is 6. The molecule has 1 amide bonds. The van der Waals surface area contributed by atoms with Crippen molar-refractivity contribution in [3.8, 4) is 17.2 Å². The number of Topliss-reactive ketones (excluding diaryl/α,β-unsaturated/α-hetero) is 1. The monoisotopic (exact) mass is 657 g/mol. The van der Waals surface area contributed by atoms with Crippen molar-refractivity contribution >= 4 is 22.8 Å². The highest BCUT2D eigenvalue weighted by Gasteiger charge is 2.52. The van der Waals surface area contributed by atoms with Crippen molar-refractivity contribution in [3.63, 3.8) is 0 Å². The molecule has 13 heteroatoms. The van der Waals surface area contributed by atoms with Gasteiger partial charge in [-0.25, -0.2) is 23.1 Å². The molecule has 1 unspecified atom stereocenters. The number of ketones is 1. The molecule has 0 radical (unpaired) electrons. The first-order valence-electron chi connectivity index (χ1n) is 15.9. The van der Waals surface area contributed by atoms with Gasteiger partial charge in [-0.2, -0.15) is 10.2 Å². The summed E-state index contributed by atoms with van der Waals surface area (Å²) >= 11 is 0. The lowest BCUT2D eigenvalue weighted by Crippen LogP contribution is -2.50. The van der Waals surface area contributed by atoms with Crippen molar-refractivity contribution in [2.24, 2.45) is 7.05 Å². The van der Waals surface area contributed by atoms with Crippen LogP contribution in [-0.4, -0.2) is 57.6 Å². The van der Waals surface area contributed by atoms with Gasteiger partial charge in [0.1, 0.15) is 23.0 Å². The van der Waals surface area contributed by atoms with Crippen LogP contribution in [-0.2, 0) is 22.0 Å². The van der Waals surface area contributed by atoms with E-state index in [2.05, 4.69) is 5.10 Å². The van der Waals surface area contributed by atoms with Gasteiger partial charge in [0.05, 0.1) is 40.2 Å². The lowest BCUT2D eigenvalue weighted by atomic mass is 9.75. The molecule has 0 saturated heterocycles. The number of hydrogen-bond donors (Lipinski definition) is 0. The lowest BCUT2D eigenvalue weighted by Gasteiger charge is -2.43. The van der Waals surface area contributed by atoms with Gasteiger partial charge in [-0.15, -0.1) is 0 Å². The third-order valence-corrected chi connectivity index (χ3v) is 9.58. The second kappa shape index (κ2) is 10.7. The Balaban J connectivity index is 1.50. The largest absolute Gasteiger partial charge is 0.444 e. The van der Waals surface area contributed by atoms with E-state index in [4.69, 9.17) is 9.84 Å². The average Bonchev–Trinajstić information content (AvgIpc) is 3.78. The van der Waals surface area contributed by atoms with Crippen LogP contribution in [0.5, 0.6) is 0 Å². The molecular weight excluding hydrogens is 620 g/mol. The molecule has 2 aliphatic rings. The van der Waals surface area contributed by atoms with E-state index in [1.54, 1.807) is 74.1 Å². The van der Waals surface area contributed by atoms with E-state index in [1.807, 2.05) is 6.92 Å². The molecule has 5 aromatic rings. The lowest BCUT2D eigenvalue weighted by molar-refractivity contribution is -0.117. The highest BCUT2D eigenvalue weighted by atomic mass is 19.1. The molecule has 2 aromatic carbocycles. The van der Waals surface area contributed by atoms with Crippen molar-refractivity contribution < 1.29 is 23.1 Å². The first-order chi connectivity index (χ1) is 22.6. The van der Waals surface area contributed by atoms with Crippen LogP contribution in [0.2, 0.25) is 0 Å². The van der Waals surface area contributed by atoms with Crippen molar-refractivity contribution in [1.82, 2.24) is 33.6 Å². The number of imidazole rings is 1. The summed E-state index contributed by atoms with van der Waals surface area (Å²) in [6.07, 6.45) is 4.80. The van der Waals surface area contributed by atoms with Crippen LogP contribution in [0.15, 0.2) is 47.7 Å². The fourth-order valence-corrected chi connectivity index (χ4v) is 7.25. The number of fused-ring (bicyclic) bond motifs is 3. The Bertz CT molecular complexity index is 2200. The molecule has 4 heterocycles. The number of rotatable bonds is 3. The SMILES string of the molecule is Cc1cc(-n2nc3c(c2-n2ccn(-c4ccc5c(cnn5C)c4F)c2=O)[C@H](C)N(C(=O)OC(C)(C)C)CC32CCC(=O)C2)cc(C)c1F. The predicted octanol–water partition coefficient (Wildman–Crippen LogP) is 5.90.